The first-order valence-corrected chi connectivity index (χ1v) is 10.4. The first kappa shape index (κ1) is 19.3. The van der Waals surface area contributed by atoms with Gasteiger partial charge in [0.25, 0.3) is 11.5 Å². The van der Waals surface area contributed by atoms with E-state index in [0.29, 0.717) is 16.9 Å². The fourth-order valence-electron chi connectivity index (χ4n) is 3.60. The number of fused-ring (bicyclic) bond motifs is 3. The highest BCUT2D eigenvalue weighted by atomic mass is 32.1. The van der Waals surface area contributed by atoms with Gasteiger partial charge in [-0.1, -0.05) is 19.1 Å². The van der Waals surface area contributed by atoms with Crippen LogP contribution in [0.15, 0.2) is 40.5 Å². The van der Waals surface area contributed by atoms with Gasteiger partial charge in [-0.3, -0.25) is 14.2 Å². The average molecular weight is 410 g/mol. The van der Waals surface area contributed by atoms with Crippen molar-refractivity contribution >= 4 is 33.7 Å². The van der Waals surface area contributed by atoms with Gasteiger partial charge in [-0.25, -0.2) is 10.4 Å². The molecular weight excluding hydrogens is 388 g/mol. The highest BCUT2D eigenvalue weighted by Gasteiger charge is 2.25. The second kappa shape index (κ2) is 7.79. The number of hydrazone groups is 1. The van der Waals surface area contributed by atoms with Crippen LogP contribution in [0.4, 0.5) is 0 Å². The lowest BCUT2D eigenvalue weighted by Crippen LogP contribution is -2.34. The molecule has 1 amide bonds. The van der Waals surface area contributed by atoms with E-state index in [4.69, 9.17) is 0 Å². The van der Waals surface area contributed by atoms with Gasteiger partial charge in [-0.15, -0.1) is 11.3 Å². The first-order valence-electron chi connectivity index (χ1n) is 9.58. The van der Waals surface area contributed by atoms with E-state index >= 15 is 0 Å². The molecule has 0 spiro atoms. The number of amides is 1. The molecule has 2 atom stereocenters. The second-order valence-electron chi connectivity index (χ2n) is 7.46. The standard InChI is InChI=1S/C21H22N4O3S/c1-12-7-8-15-17(9-12)29-20-18(15)21(28)25(11-22-20)13(2)19(27)24-23-10-14-5-3-4-6-16(14)26/h3-6,10-13,26H,7-9H2,1-2H3,(H,24,27). The van der Waals surface area contributed by atoms with E-state index in [0.717, 1.165) is 29.7 Å². The number of carbonyl (C=O) groups is 1. The third kappa shape index (κ3) is 3.67. The van der Waals surface area contributed by atoms with Crippen molar-refractivity contribution in [3.05, 3.63) is 57.0 Å². The molecule has 1 aromatic carbocycles. The maximum atomic E-state index is 13.1. The average Bonchev–Trinajstić information content (AvgIpc) is 3.07. The van der Waals surface area contributed by atoms with Crippen LogP contribution in [-0.2, 0) is 17.6 Å². The normalized spacial score (nSPS) is 17.4. The number of aromatic hydroxyl groups is 1. The maximum Gasteiger partial charge on any atom is 0.263 e. The lowest BCUT2D eigenvalue weighted by molar-refractivity contribution is -0.123. The summed E-state index contributed by atoms with van der Waals surface area (Å²) in [5, 5.41) is 14.3. The van der Waals surface area contributed by atoms with Gasteiger partial charge in [0.15, 0.2) is 0 Å². The van der Waals surface area contributed by atoms with Crippen molar-refractivity contribution in [1.82, 2.24) is 15.0 Å². The fourth-order valence-corrected chi connectivity index (χ4v) is 4.94. The zero-order valence-electron chi connectivity index (χ0n) is 16.3. The van der Waals surface area contributed by atoms with E-state index in [1.165, 1.54) is 28.1 Å². The van der Waals surface area contributed by atoms with Gasteiger partial charge in [0.2, 0.25) is 0 Å². The number of aromatic nitrogens is 2. The number of phenolic OH excluding ortho intramolecular Hbond substituents is 1. The summed E-state index contributed by atoms with van der Waals surface area (Å²) in [6.45, 7) is 3.86. The van der Waals surface area contributed by atoms with Crippen LogP contribution in [0.3, 0.4) is 0 Å². The van der Waals surface area contributed by atoms with Crippen LogP contribution in [-0.4, -0.2) is 26.8 Å². The Bertz CT molecular complexity index is 1160. The Balaban J connectivity index is 1.57. The molecule has 4 rings (SSSR count). The number of aryl methyl sites for hydroxylation is 1. The van der Waals surface area contributed by atoms with E-state index in [-0.39, 0.29) is 11.3 Å². The molecule has 2 unspecified atom stereocenters. The minimum absolute atomic E-state index is 0.0703. The molecule has 0 saturated heterocycles. The molecule has 1 aliphatic rings. The Kier molecular flexibility index (Phi) is 5.19. The molecule has 7 nitrogen and oxygen atoms in total. The molecule has 0 fully saturated rings. The van der Waals surface area contributed by atoms with Crippen LogP contribution in [0.25, 0.3) is 10.2 Å². The number of benzene rings is 1. The predicted molar refractivity (Wildman–Crippen MR) is 114 cm³/mol. The number of para-hydroxylation sites is 1. The van der Waals surface area contributed by atoms with Crippen molar-refractivity contribution in [2.45, 2.75) is 39.2 Å². The number of nitrogens with one attached hydrogen (secondary N) is 1. The van der Waals surface area contributed by atoms with Crippen LogP contribution >= 0.6 is 11.3 Å². The van der Waals surface area contributed by atoms with Crippen LogP contribution < -0.4 is 11.0 Å². The Morgan fingerprint density at radius 2 is 2.24 bits per heavy atom. The molecule has 2 heterocycles. The summed E-state index contributed by atoms with van der Waals surface area (Å²) in [5.74, 6) is 0.253. The van der Waals surface area contributed by atoms with Crippen molar-refractivity contribution in [1.29, 1.82) is 0 Å². The highest BCUT2D eigenvalue weighted by Crippen LogP contribution is 2.35. The minimum atomic E-state index is -0.765. The number of carbonyl (C=O) groups excluding carboxylic acids is 1. The molecule has 0 saturated carbocycles. The third-order valence-electron chi connectivity index (χ3n) is 5.35. The second-order valence-corrected chi connectivity index (χ2v) is 8.54. The number of thiophene rings is 1. The molecule has 8 heteroatoms. The number of nitrogens with zero attached hydrogens (tertiary/aromatic N) is 3. The zero-order valence-corrected chi connectivity index (χ0v) is 17.1. The summed E-state index contributed by atoms with van der Waals surface area (Å²) >= 11 is 1.59. The summed E-state index contributed by atoms with van der Waals surface area (Å²) in [4.78, 5) is 32.0. The fraction of sp³-hybridized carbons (Fsp3) is 0.333. The van der Waals surface area contributed by atoms with E-state index in [1.54, 1.807) is 36.5 Å². The smallest absolute Gasteiger partial charge is 0.263 e. The van der Waals surface area contributed by atoms with Crippen LogP contribution in [0.5, 0.6) is 5.75 Å². The number of hydrogen-bond donors (Lipinski definition) is 2. The number of hydrogen-bond acceptors (Lipinski definition) is 6. The largest absolute Gasteiger partial charge is 0.507 e. The lowest BCUT2D eigenvalue weighted by atomic mass is 9.89. The van der Waals surface area contributed by atoms with Gasteiger partial charge in [0.1, 0.15) is 16.6 Å². The Labute approximate surface area is 171 Å². The Hall–Kier alpha value is -3.00. The van der Waals surface area contributed by atoms with Gasteiger partial charge in [0, 0.05) is 10.4 Å². The van der Waals surface area contributed by atoms with Crippen molar-refractivity contribution in [2.75, 3.05) is 0 Å². The monoisotopic (exact) mass is 410 g/mol. The topological polar surface area (TPSA) is 96.6 Å². The van der Waals surface area contributed by atoms with E-state index < -0.39 is 11.9 Å². The van der Waals surface area contributed by atoms with Crippen LogP contribution in [0.1, 0.15) is 42.3 Å². The Morgan fingerprint density at radius 1 is 1.45 bits per heavy atom. The molecule has 150 valence electrons. The quantitative estimate of drug-likeness (QED) is 0.510. The third-order valence-corrected chi connectivity index (χ3v) is 6.52. The summed E-state index contributed by atoms with van der Waals surface area (Å²) in [7, 11) is 0. The summed E-state index contributed by atoms with van der Waals surface area (Å²) in [5.41, 5.74) is 3.83. The molecule has 0 aliphatic heterocycles. The van der Waals surface area contributed by atoms with Gasteiger partial charge in [-0.2, -0.15) is 5.10 Å². The number of rotatable bonds is 4. The summed E-state index contributed by atoms with van der Waals surface area (Å²) in [6.07, 6.45) is 5.72. The first-order chi connectivity index (χ1) is 14.0. The van der Waals surface area contributed by atoms with Crippen molar-refractivity contribution in [2.24, 2.45) is 11.0 Å². The molecule has 0 bridgehead atoms. The Morgan fingerprint density at radius 3 is 3.03 bits per heavy atom. The van der Waals surface area contributed by atoms with Crippen LogP contribution in [0, 0.1) is 5.92 Å². The van der Waals surface area contributed by atoms with Gasteiger partial charge >= 0.3 is 0 Å². The molecule has 3 aromatic rings. The summed E-state index contributed by atoms with van der Waals surface area (Å²) < 4.78 is 1.36. The zero-order chi connectivity index (χ0) is 20.5. The van der Waals surface area contributed by atoms with Crippen LogP contribution in [0.2, 0.25) is 0 Å². The molecule has 2 aromatic heterocycles. The lowest BCUT2D eigenvalue weighted by Gasteiger charge is -2.18. The molecular formula is C21H22N4O3S. The van der Waals surface area contributed by atoms with Crippen molar-refractivity contribution in [3.63, 3.8) is 0 Å². The summed E-state index contributed by atoms with van der Waals surface area (Å²) in [6, 6.07) is 5.91. The molecule has 1 aliphatic carbocycles. The molecule has 0 radical (unpaired) electrons. The SMILES string of the molecule is CC1CCc2c(sc3ncn(C(C)C(=O)NN=Cc4ccccc4O)c(=O)c23)C1. The van der Waals surface area contributed by atoms with Crippen molar-refractivity contribution < 1.29 is 9.90 Å². The highest BCUT2D eigenvalue weighted by molar-refractivity contribution is 7.18. The van der Waals surface area contributed by atoms with E-state index in [9.17, 15) is 14.7 Å². The van der Waals surface area contributed by atoms with Gasteiger partial charge in [0.05, 0.1) is 17.9 Å². The maximum absolute atomic E-state index is 13.1. The van der Waals surface area contributed by atoms with Gasteiger partial charge in [-0.05, 0) is 49.8 Å². The molecule has 2 N–H and O–H groups in total. The number of phenols is 1. The van der Waals surface area contributed by atoms with Gasteiger partial charge < -0.3 is 5.11 Å². The minimum Gasteiger partial charge on any atom is -0.507 e. The van der Waals surface area contributed by atoms with E-state index in [2.05, 4.69) is 22.4 Å². The molecule has 29 heavy (non-hydrogen) atoms. The van der Waals surface area contributed by atoms with E-state index in [1.807, 2.05) is 0 Å². The predicted octanol–water partition coefficient (Wildman–Crippen LogP) is 3.00. The van der Waals surface area contributed by atoms with Crippen molar-refractivity contribution in [3.8, 4) is 5.75 Å².